The Kier molecular flexibility index (Phi) is 10.5. The minimum Gasteiger partial charge on any atom is -0.354 e. The maximum Gasteiger partial charge on any atom is 0.242 e. The van der Waals surface area contributed by atoms with E-state index in [4.69, 9.17) is 34.8 Å². The Morgan fingerprint density at radius 3 is 2.35 bits per heavy atom. The highest BCUT2D eigenvalue weighted by Gasteiger charge is 2.26. The van der Waals surface area contributed by atoms with Crippen LogP contribution in [0.2, 0.25) is 15.1 Å². The van der Waals surface area contributed by atoms with E-state index in [0.717, 1.165) is 11.1 Å². The van der Waals surface area contributed by atoms with E-state index >= 15 is 0 Å². The molecule has 0 fully saturated rings. The summed E-state index contributed by atoms with van der Waals surface area (Å²) >= 11 is 19.8. The largest absolute Gasteiger partial charge is 0.354 e. The monoisotopic (exact) mass is 500 g/mol. The zero-order valence-corrected chi connectivity index (χ0v) is 20.9. The van der Waals surface area contributed by atoms with Crippen molar-refractivity contribution in [1.29, 1.82) is 0 Å². The van der Waals surface area contributed by atoms with Crippen LogP contribution in [0.3, 0.4) is 0 Å². The third kappa shape index (κ3) is 8.23. The zero-order chi connectivity index (χ0) is 23.0. The number of benzene rings is 2. The van der Waals surface area contributed by atoms with Gasteiger partial charge in [0.05, 0.1) is 15.8 Å². The summed E-state index contributed by atoms with van der Waals surface area (Å²) in [5.41, 5.74) is 1.78. The average molecular weight is 502 g/mol. The number of carbonyl (C=O) groups excluding carboxylic acids is 2. The molecule has 2 aromatic carbocycles. The molecule has 0 bridgehead atoms. The molecule has 168 valence electrons. The minimum atomic E-state index is -0.624. The highest BCUT2D eigenvalue weighted by Crippen LogP contribution is 2.25. The van der Waals surface area contributed by atoms with Gasteiger partial charge in [-0.05, 0) is 42.2 Å². The molecule has 0 aliphatic rings. The van der Waals surface area contributed by atoms with Gasteiger partial charge in [-0.3, -0.25) is 9.59 Å². The van der Waals surface area contributed by atoms with Crippen LogP contribution in [0.1, 0.15) is 31.9 Å². The van der Waals surface area contributed by atoms with Gasteiger partial charge in [0.15, 0.2) is 0 Å². The molecule has 1 atom stereocenters. The first-order valence-corrected chi connectivity index (χ1v) is 12.3. The van der Waals surface area contributed by atoms with Gasteiger partial charge in [0.25, 0.3) is 0 Å². The third-order valence-corrected chi connectivity index (χ3v) is 6.70. The molecule has 0 unspecified atom stereocenters. The molecule has 0 aliphatic carbocycles. The lowest BCUT2D eigenvalue weighted by Gasteiger charge is -2.29. The Balaban J connectivity index is 2.10. The van der Waals surface area contributed by atoms with E-state index in [2.05, 4.69) is 5.32 Å². The van der Waals surface area contributed by atoms with E-state index in [9.17, 15) is 9.59 Å². The summed E-state index contributed by atoms with van der Waals surface area (Å²) in [5.74, 6) is 0.851. The lowest BCUT2D eigenvalue weighted by atomic mass is 10.1. The van der Waals surface area contributed by atoms with Crippen molar-refractivity contribution >= 4 is 58.4 Å². The molecule has 0 radical (unpaired) electrons. The number of carbonyl (C=O) groups is 2. The predicted molar refractivity (Wildman–Crippen MR) is 132 cm³/mol. The number of nitrogens with zero attached hydrogens (tertiary/aromatic N) is 1. The lowest BCUT2D eigenvalue weighted by Crippen LogP contribution is -2.48. The number of amides is 2. The number of halogens is 3. The van der Waals surface area contributed by atoms with Crippen molar-refractivity contribution < 1.29 is 9.59 Å². The van der Waals surface area contributed by atoms with E-state index in [1.54, 1.807) is 24.0 Å². The van der Waals surface area contributed by atoms with E-state index in [-0.39, 0.29) is 24.1 Å². The van der Waals surface area contributed by atoms with Crippen molar-refractivity contribution in [3.05, 3.63) is 68.7 Å². The van der Waals surface area contributed by atoms with Crippen LogP contribution in [0.25, 0.3) is 0 Å². The van der Waals surface area contributed by atoms with Crippen molar-refractivity contribution in [2.24, 2.45) is 5.92 Å². The molecule has 0 spiro atoms. The van der Waals surface area contributed by atoms with Crippen LogP contribution < -0.4 is 5.32 Å². The number of nitrogens with one attached hydrogen (secondary N) is 1. The maximum atomic E-state index is 13.1. The van der Waals surface area contributed by atoms with Crippen LogP contribution in [0.15, 0.2) is 42.5 Å². The summed E-state index contributed by atoms with van der Waals surface area (Å²) in [5, 5.41) is 4.45. The van der Waals surface area contributed by atoms with Gasteiger partial charge < -0.3 is 10.2 Å². The van der Waals surface area contributed by atoms with Gasteiger partial charge in [0.1, 0.15) is 6.04 Å². The number of hydrogen-bond donors (Lipinski definition) is 1. The second-order valence-electron chi connectivity index (χ2n) is 7.67. The maximum absolute atomic E-state index is 13.1. The fourth-order valence-electron chi connectivity index (χ4n) is 2.82. The fraction of sp³-hybridized carbons (Fsp3) is 0.391. The van der Waals surface area contributed by atoms with Gasteiger partial charge in [0, 0.05) is 23.9 Å². The van der Waals surface area contributed by atoms with Gasteiger partial charge in [-0.15, -0.1) is 11.8 Å². The fourth-order valence-corrected chi connectivity index (χ4v) is 4.33. The SMILES string of the molecule is CC(C)CNC(=O)[C@@H](C)N(Cc1ccc(Cl)c(Cl)c1)C(=O)CSCc1ccccc1Cl. The molecule has 0 saturated carbocycles. The Bertz CT molecular complexity index is 908. The first-order chi connectivity index (χ1) is 14.7. The summed E-state index contributed by atoms with van der Waals surface area (Å²) in [6.07, 6.45) is 0. The van der Waals surface area contributed by atoms with Gasteiger partial charge in [-0.2, -0.15) is 0 Å². The van der Waals surface area contributed by atoms with Crippen LogP contribution in [0, 0.1) is 5.92 Å². The van der Waals surface area contributed by atoms with Gasteiger partial charge in [-0.25, -0.2) is 0 Å². The highest BCUT2D eigenvalue weighted by atomic mass is 35.5. The van der Waals surface area contributed by atoms with Crippen molar-refractivity contribution in [2.75, 3.05) is 12.3 Å². The molecule has 4 nitrogen and oxygen atoms in total. The molecular weight excluding hydrogens is 475 g/mol. The first kappa shape index (κ1) is 25.9. The highest BCUT2D eigenvalue weighted by molar-refractivity contribution is 7.99. The van der Waals surface area contributed by atoms with Crippen molar-refractivity contribution in [3.63, 3.8) is 0 Å². The minimum absolute atomic E-state index is 0.129. The summed E-state index contributed by atoms with van der Waals surface area (Å²) in [7, 11) is 0. The molecule has 2 aromatic rings. The van der Waals surface area contributed by atoms with Crippen LogP contribution in [-0.4, -0.2) is 35.1 Å². The molecule has 0 saturated heterocycles. The number of thioether (sulfide) groups is 1. The Labute approximate surface area is 203 Å². The number of hydrogen-bond acceptors (Lipinski definition) is 3. The van der Waals surface area contributed by atoms with E-state index in [1.807, 2.05) is 44.2 Å². The van der Waals surface area contributed by atoms with E-state index in [1.165, 1.54) is 11.8 Å². The Morgan fingerprint density at radius 2 is 1.71 bits per heavy atom. The van der Waals surface area contributed by atoms with Crippen molar-refractivity contribution in [2.45, 2.75) is 39.1 Å². The Hall–Kier alpha value is -1.40. The van der Waals surface area contributed by atoms with Crippen molar-refractivity contribution in [1.82, 2.24) is 10.2 Å². The standard InChI is InChI=1S/C23H27Cl3N2O2S/c1-15(2)11-27-23(30)16(3)28(12-17-8-9-20(25)21(26)10-17)22(29)14-31-13-18-6-4-5-7-19(18)24/h4-10,15-16H,11-14H2,1-3H3,(H,27,30)/t16-/m1/s1. The normalized spacial score (nSPS) is 12.0. The van der Waals surface area contributed by atoms with Crippen molar-refractivity contribution in [3.8, 4) is 0 Å². The molecule has 0 aliphatic heterocycles. The molecule has 0 heterocycles. The van der Waals surface area contributed by atoms with Crippen LogP contribution in [-0.2, 0) is 21.9 Å². The summed E-state index contributed by atoms with van der Waals surface area (Å²) in [6.45, 7) is 6.60. The molecule has 31 heavy (non-hydrogen) atoms. The summed E-state index contributed by atoms with van der Waals surface area (Å²) in [6, 6.07) is 12.2. The second kappa shape index (κ2) is 12.6. The molecular formula is C23H27Cl3N2O2S. The van der Waals surface area contributed by atoms with Gasteiger partial charge >= 0.3 is 0 Å². The van der Waals surface area contributed by atoms with E-state index in [0.29, 0.717) is 33.3 Å². The zero-order valence-electron chi connectivity index (χ0n) is 17.8. The topological polar surface area (TPSA) is 49.4 Å². The average Bonchev–Trinajstić information content (AvgIpc) is 2.73. The Morgan fingerprint density at radius 1 is 1.00 bits per heavy atom. The quantitative estimate of drug-likeness (QED) is 0.430. The number of rotatable bonds is 10. The molecule has 1 N–H and O–H groups in total. The smallest absolute Gasteiger partial charge is 0.242 e. The predicted octanol–water partition coefficient (Wildman–Crippen LogP) is 6.07. The molecule has 0 aromatic heterocycles. The second-order valence-corrected chi connectivity index (χ2v) is 9.88. The van der Waals surface area contributed by atoms with Gasteiger partial charge in [-0.1, -0.05) is 72.9 Å². The first-order valence-electron chi connectivity index (χ1n) is 10.0. The lowest BCUT2D eigenvalue weighted by molar-refractivity contribution is -0.138. The van der Waals surface area contributed by atoms with Crippen LogP contribution in [0.5, 0.6) is 0 Å². The third-order valence-electron chi connectivity index (χ3n) is 4.63. The molecule has 8 heteroatoms. The van der Waals surface area contributed by atoms with E-state index < -0.39 is 6.04 Å². The molecule has 2 amide bonds. The van der Waals surface area contributed by atoms with Crippen LogP contribution >= 0.6 is 46.6 Å². The summed E-state index contributed by atoms with van der Waals surface area (Å²) in [4.78, 5) is 27.3. The summed E-state index contributed by atoms with van der Waals surface area (Å²) < 4.78 is 0. The molecule has 2 rings (SSSR count). The van der Waals surface area contributed by atoms with Crippen LogP contribution in [0.4, 0.5) is 0 Å². The van der Waals surface area contributed by atoms with Gasteiger partial charge in [0.2, 0.25) is 11.8 Å².